The first-order valence-electron chi connectivity index (χ1n) is 21.1. The van der Waals surface area contributed by atoms with Gasteiger partial charge in [-0.1, -0.05) is 12.1 Å². The number of anilines is 1. The zero-order chi connectivity index (χ0) is 59.2. The molecular weight excluding hydrogens is 1190 g/mol. The molecule has 0 unspecified atom stereocenters. The lowest BCUT2D eigenvalue weighted by molar-refractivity contribution is -0.385. The van der Waals surface area contributed by atoms with Gasteiger partial charge in [-0.15, -0.1) is 30.7 Å². The Hall–Kier alpha value is -8.32. The van der Waals surface area contributed by atoms with Crippen LogP contribution in [0.3, 0.4) is 0 Å². The lowest BCUT2D eigenvalue weighted by atomic mass is 10.0. The predicted octanol–water partition coefficient (Wildman–Crippen LogP) is 7.96. The Morgan fingerprint density at radius 3 is 1.44 bits per heavy atom. The fourth-order valence-electron chi connectivity index (χ4n) is 7.33. The number of benzene rings is 7. The van der Waals surface area contributed by atoms with Gasteiger partial charge < -0.3 is 21.1 Å². The molecule has 0 fully saturated rings. The van der Waals surface area contributed by atoms with Crippen LogP contribution in [0.5, 0.6) is 11.5 Å². The van der Waals surface area contributed by atoms with Crippen molar-refractivity contribution < 1.29 is 98.1 Å². The highest BCUT2D eigenvalue weighted by Gasteiger charge is 2.31. The molecule has 0 aliphatic carbocycles. The van der Waals surface area contributed by atoms with Crippen molar-refractivity contribution in [1.82, 2.24) is 0 Å². The average molecular weight is 1230 g/mol. The summed E-state index contributed by atoms with van der Waals surface area (Å²) in [7, 11) is -33.3. The minimum atomic E-state index is -5.73. The average Bonchev–Trinajstić information content (AvgIpc) is 3.45. The van der Waals surface area contributed by atoms with Crippen molar-refractivity contribution in [3.63, 3.8) is 0 Å². The molecule has 0 aliphatic heterocycles. The van der Waals surface area contributed by atoms with Gasteiger partial charge in [0.25, 0.3) is 66.4 Å². The Kier molecular flexibility index (Phi) is 16.1. The van der Waals surface area contributed by atoms with E-state index in [-0.39, 0.29) is 18.4 Å². The first-order valence-corrected chi connectivity index (χ1v) is 29.7. The summed E-state index contributed by atoms with van der Waals surface area (Å²) >= 11 is 0. The van der Waals surface area contributed by atoms with Crippen LogP contribution in [0.15, 0.2) is 161 Å². The van der Waals surface area contributed by atoms with E-state index >= 15 is 0 Å². The topological polar surface area (TPSA) is 555 Å². The quantitative estimate of drug-likeness (QED) is 0.0128. The van der Waals surface area contributed by atoms with E-state index in [2.05, 4.69) is 40.9 Å². The van der Waals surface area contributed by atoms with Crippen molar-refractivity contribution in [2.75, 3.05) is 12.3 Å². The van der Waals surface area contributed by atoms with Gasteiger partial charge in [-0.3, -0.25) is 37.4 Å². The number of nitrogens with zero attached hydrogens (tertiary/aromatic N) is 9. The van der Waals surface area contributed by atoms with E-state index in [0.717, 1.165) is 29.8 Å². The van der Waals surface area contributed by atoms with Gasteiger partial charge in [-0.05, 0) is 85.1 Å². The molecule has 0 saturated heterocycles. The van der Waals surface area contributed by atoms with Crippen LogP contribution in [0.2, 0.25) is 0 Å². The van der Waals surface area contributed by atoms with E-state index in [0.29, 0.717) is 54.9 Å². The van der Waals surface area contributed by atoms with Crippen molar-refractivity contribution in [2.45, 2.75) is 42.2 Å². The van der Waals surface area contributed by atoms with Gasteiger partial charge in [-0.25, -0.2) is 0 Å². The van der Waals surface area contributed by atoms with Crippen molar-refractivity contribution in [1.29, 1.82) is 0 Å². The van der Waals surface area contributed by atoms with Crippen LogP contribution >= 0.6 is 0 Å². The molecule has 0 heterocycles. The number of nitro benzene ring substituents is 1. The fraction of sp³-hybridized carbons (Fsp3) is 0.0732. The van der Waals surface area contributed by atoms with Crippen molar-refractivity contribution >= 4 is 139 Å². The normalized spacial score (nSPS) is 13.2. The molecule has 0 spiro atoms. The Balaban J connectivity index is 1.37. The maximum atomic E-state index is 13.1. The molecule has 0 aromatic heterocycles. The van der Waals surface area contributed by atoms with Crippen LogP contribution in [-0.4, -0.2) is 105 Å². The van der Waals surface area contributed by atoms with E-state index in [1.807, 2.05) is 0 Å². The number of aromatic hydroxyl groups is 2. The smallest absolute Gasteiger partial charge is 0.297 e. The first-order chi connectivity index (χ1) is 37.0. The molecule has 0 atom stereocenters. The second-order valence-electron chi connectivity index (χ2n) is 16.1. The number of phenols is 2. The molecule has 0 saturated carbocycles. The summed E-state index contributed by atoms with van der Waals surface area (Å²) in [6, 6.07) is 13.3. The summed E-state index contributed by atoms with van der Waals surface area (Å²) in [5.41, 5.74) is -0.966. The molecule has 33 nitrogen and oxygen atoms in total. The molecule has 0 amide bonds. The molecular formula is C41H32N10O23S6. The van der Waals surface area contributed by atoms with Crippen LogP contribution in [-0.2, 0) is 67.1 Å². The highest BCUT2D eigenvalue weighted by Crippen LogP contribution is 2.50. The number of hydrogen-bond acceptors (Lipinski definition) is 26. The van der Waals surface area contributed by atoms with Gasteiger partial charge in [0.05, 0.1) is 27.4 Å². The van der Waals surface area contributed by atoms with Crippen molar-refractivity contribution in [3.8, 4) is 11.5 Å². The first kappa shape index (κ1) is 59.3. The minimum Gasteiger partial charge on any atom is -0.505 e. The lowest BCUT2D eigenvalue weighted by Gasteiger charge is -2.15. The van der Waals surface area contributed by atoms with Crippen LogP contribution in [0.1, 0.15) is 12.0 Å². The zero-order valence-electron chi connectivity index (χ0n) is 39.1. The van der Waals surface area contributed by atoms with Gasteiger partial charge in [-0.2, -0.15) is 60.7 Å². The SMILES string of the molecule is Nc1c(N=Nc2ccc3c(O)c(N=Nc4ccc(N=Nc5ccc(CCCO)cc5)cc4S(=O)(=O)O)c(S(=O)(=O)O)cc3c2S(=O)(=O)O)cc(S(=O)(=O)O)c2cc(S(=O)(=O)O)c(N=Nc3ccc([N+](=O)[O-])cc3S(=O)(=O)O)c(O)c12. The molecule has 80 heavy (non-hydrogen) atoms. The third-order valence-corrected chi connectivity index (χ3v) is 16.2. The number of non-ortho nitro benzene ring substituents is 1. The summed E-state index contributed by atoms with van der Waals surface area (Å²) in [5.74, 6) is -2.89. The lowest BCUT2D eigenvalue weighted by Crippen LogP contribution is -2.04. The number of phenolic OH excluding ortho intramolecular Hbond substituents is 2. The number of rotatable bonds is 18. The number of nitro groups is 1. The van der Waals surface area contributed by atoms with Gasteiger partial charge in [0.15, 0.2) is 11.5 Å². The molecule has 420 valence electrons. The molecule has 7 aromatic carbocycles. The largest absolute Gasteiger partial charge is 0.505 e. The highest BCUT2D eigenvalue weighted by molar-refractivity contribution is 7.87. The highest BCUT2D eigenvalue weighted by atomic mass is 32.2. The summed E-state index contributed by atoms with van der Waals surface area (Å²) in [4.78, 5) is 2.08. The van der Waals surface area contributed by atoms with Crippen molar-refractivity contribution in [3.05, 3.63) is 107 Å². The monoisotopic (exact) mass is 1220 g/mol. The maximum Gasteiger partial charge on any atom is 0.297 e. The zero-order valence-corrected chi connectivity index (χ0v) is 44.0. The van der Waals surface area contributed by atoms with E-state index in [1.54, 1.807) is 24.3 Å². The van der Waals surface area contributed by atoms with E-state index < -0.39 is 174 Å². The molecule has 7 aromatic rings. The van der Waals surface area contributed by atoms with E-state index in [9.17, 15) is 98.2 Å². The van der Waals surface area contributed by atoms with Crippen LogP contribution in [0.25, 0.3) is 21.5 Å². The van der Waals surface area contributed by atoms with Gasteiger partial charge in [0, 0.05) is 34.9 Å². The third kappa shape index (κ3) is 12.7. The third-order valence-electron chi connectivity index (χ3n) is 10.8. The summed E-state index contributed by atoms with van der Waals surface area (Å²) in [6.07, 6.45) is 1.08. The molecule has 7 rings (SSSR count). The number of aliphatic hydroxyl groups is 1. The summed E-state index contributed by atoms with van der Waals surface area (Å²) in [6.45, 7) is -0.0278. The Morgan fingerprint density at radius 1 is 0.450 bits per heavy atom. The molecule has 39 heteroatoms. The summed E-state index contributed by atoms with van der Waals surface area (Å²) < 4.78 is 213. The van der Waals surface area contributed by atoms with Gasteiger partial charge in [0.1, 0.15) is 63.5 Å². The molecule has 11 N–H and O–H groups in total. The predicted molar refractivity (Wildman–Crippen MR) is 273 cm³/mol. The Bertz CT molecular complexity index is 4640. The van der Waals surface area contributed by atoms with Crippen LogP contribution in [0, 0.1) is 10.1 Å². The van der Waals surface area contributed by atoms with Gasteiger partial charge in [0.2, 0.25) is 0 Å². The van der Waals surface area contributed by atoms with E-state index in [4.69, 9.17) is 10.8 Å². The molecule has 0 bridgehead atoms. The number of aliphatic hydroxyl groups excluding tert-OH is 1. The Morgan fingerprint density at radius 2 is 0.912 bits per heavy atom. The number of hydrogen-bond donors (Lipinski definition) is 10. The number of azo groups is 4. The van der Waals surface area contributed by atoms with Gasteiger partial charge >= 0.3 is 0 Å². The van der Waals surface area contributed by atoms with Crippen molar-refractivity contribution in [2.24, 2.45) is 40.9 Å². The number of fused-ring (bicyclic) bond motifs is 2. The molecule has 0 aliphatic rings. The second kappa shape index (κ2) is 21.7. The minimum absolute atomic E-state index is 0.0278. The number of nitrogens with two attached hydrogens (primary N) is 1. The van der Waals surface area contributed by atoms with E-state index in [1.165, 1.54) is 0 Å². The maximum absolute atomic E-state index is 13.1. The standard InChI is InChI=1S/C41H32N10O23S6/c42-36-29(18-30(75(57,58)59)25-17-34(79(69,70)71)38(40(54)35(25)36)50-46-27-11-8-22(51(55)56)15-32(27)77(63,64)65)48-47-28-12-9-23-24(41(28)80(72,73)74)16-33(78(66,67)68)37(39(23)53)49-45-26-10-7-21(14-31(26)76(60,61)62)44-43-20-5-3-19(4-6-20)2-1-13-52/h3-12,14-18,52-54H,1-2,13,42H2,(H,57,58,59)(H,60,61,62)(H,63,64,65)(H,66,67,68)(H,69,70,71)(H,72,73,74). The Labute approximate surface area is 448 Å². The van der Waals surface area contributed by atoms with Crippen LogP contribution in [0.4, 0.5) is 56.9 Å². The second-order valence-corrected chi connectivity index (χ2v) is 24.4. The number of aryl methyl sites for hydroxylation is 1. The van der Waals surface area contributed by atoms with Crippen LogP contribution < -0.4 is 5.73 Å². The summed E-state index contributed by atoms with van der Waals surface area (Å²) in [5, 5.41) is 68.6. The molecule has 0 radical (unpaired) electrons. The number of nitrogen functional groups attached to an aromatic ring is 1. The fourth-order valence-corrected chi connectivity index (χ4v) is 11.4.